The van der Waals surface area contributed by atoms with Gasteiger partial charge < -0.3 is 18.8 Å². The van der Waals surface area contributed by atoms with Gasteiger partial charge in [-0.3, -0.25) is 0 Å². The third kappa shape index (κ3) is 5.34. The number of ether oxygens (including phenoxy) is 2. The zero-order valence-corrected chi connectivity index (χ0v) is 20.4. The number of nitrogens with zero attached hydrogens (tertiary/aromatic N) is 3. The molecule has 3 aromatic heterocycles. The number of halogens is 2. The lowest BCUT2D eigenvalue weighted by Gasteiger charge is -2.24. The van der Waals surface area contributed by atoms with E-state index in [0.29, 0.717) is 3.97 Å². The summed E-state index contributed by atoms with van der Waals surface area (Å²) in [6, 6.07) is 4.50. The molecule has 0 aliphatic carbocycles. The summed E-state index contributed by atoms with van der Waals surface area (Å²) in [7, 11) is -2.26. The molecule has 0 aromatic carbocycles. The average molecular weight is 512 g/mol. The quantitative estimate of drug-likeness (QED) is 0.362. The highest BCUT2D eigenvalue weighted by Crippen LogP contribution is 2.33. The predicted molar refractivity (Wildman–Crippen MR) is 118 cm³/mol. The first-order valence-corrected chi connectivity index (χ1v) is 11.6. The van der Waals surface area contributed by atoms with Crippen molar-refractivity contribution in [3.05, 3.63) is 59.7 Å². The Morgan fingerprint density at radius 1 is 1.20 bits per heavy atom. The van der Waals surface area contributed by atoms with Gasteiger partial charge in [0.25, 0.3) is 0 Å². The highest BCUT2D eigenvalue weighted by atomic mass is 32.2. The number of pyridine rings is 1. The number of esters is 1. The minimum absolute atomic E-state index is 0.250. The normalized spacial score (nSPS) is 11.9. The van der Waals surface area contributed by atoms with Crippen molar-refractivity contribution >= 4 is 22.1 Å². The SMILES string of the molecule is COC(=O)c1ccc(S(=O)(=O)n2cc(CN(C)C(=O)OC(C)(C)C)c(F)c2-c2cccnc2F)o1. The van der Waals surface area contributed by atoms with Gasteiger partial charge in [-0.1, -0.05) is 0 Å². The second-order valence-corrected chi connectivity index (χ2v) is 10.2. The molecule has 3 aromatic rings. The highest BCUT2D eigenvalue weighted by molar-refractivity contribution is 7.89. The van der Waals surface area contributed by atoms with Crippen molar-refractivity contribution in [2.24, 2.45) is 0 Å². The Bertz CT molecular complexity index is 1370. The number of methoxy groups -OCH3 is 1. The molecule has 0 spiro atoms. The molecule has 3 rings (SSSR count). The fourth-order valence-corrected chi connectivity index (χ4v) is 4.35. The second kappa shape index (κ2) is 9.49. The van der Waals surface area contributed by atoms with Gasteiger partial charge in [0.05, 0.1) is 19.2 Å². The van der Waals surface area contributed by atoms with E-state index in [2.05, 4.69) is 9.72 Å². The predicted octanol–water partition coefficient (Wildman–Crippen LogP) is 3.81. The summed E-state index contributed by atoms with van der Waals surface area (Å²) in [6.45, 7) is 4.55. The van der Waals surface area contributed by atoms with Gasteiger partial charge in [-0.25, -0.2) is 22.9 Å². The molecular formula is C22H23F2N3O7S. The highest BCUT2D eigenvalue weighted by Gasteiger charge is 2.32. The molecular weight excluding hydrogens is 488 g/mol. The molecule has 1 amide bonds. The largest absolute Gasteiger partial charge is 0.463 e. The number of hydrogen-bond acceptors (Lipinski definition) is 8. The first kappa shape index (κ1) is 25.9. The lowest BCUT2D eigenvalue weighted by atomic mass is 10.1. The van der Waals surface area contributed by atoms with Gasteiger partial charge in [0.1, 0.15) is 11.3 Å². The topological polar surface area (TPSA) is 121 Å². The molecule has 0 saturated carbocycles. The van der Waals surface area contributed by atoms with Crippen LogP contribution in [0.5, 0.6) is 0 Å². The number of carbonyl (C=O) groups excluding carboxylic acids is 2. The van der Waals surface area contributed by atoms with Crippen molar-refractivity contribution in [1.82, 2.24) is 13.9 Å². The van der Waals surface area contributed by atoms with Crippen molar-refractivity contribution < 1.29 is 40.7 Å². The van der Waals surface area contributed by atoms with Crippen LogP contribution in [-0.2, 0) is 26.0 Å². The van der Waals surface area contributed by atoms with Crippen LogP contribution < -0.4 is 0 Å². The van der Waals surface area contributed by atoms with Crippen LogP contribution in [0.2, 0.25) is 0 Å². The summed E-state index contributed by atoms with van der Waals surface area (Å²) in [4.78, 5) is 28.5. The van der Waals surface area contributed by atoms with Gasteiger partial charge in [0.15, 0.2) is 5.82 Å². The van der Waals surface area contributed by atoms with Crippen molar-refractivity contribution in [3.63, 3.8) is 0 Å². The lowest BCUT2D eigenvalue weighted by Crippen LogP contribution is -2.33. The van der Waals surface area contributed by atoms with Crippen molar-refractivity contribution in [3.8, 4) is 11.3 Å². The summed E-state index contributed by atoms with van der Waals surface area (Å²) in [6.07, 6.45) is 1.23. The lowest BCUT2D eigenvalue weighted by molar-refractivity contribution is 0.0283. The van der Waals surface area contributed by atoms with Crippen molar-refractivity contribution in [2.75, 3.05) is 14.2 Å². The molecule has 0 fully saturated rings. The Kier molecular flexibility index (Phi) is 7.01. The maximum atomic E-state index is 15.6. The first-order chi connectivity index (χ1) is 16.3. The van der Waals surface area contributed by atoms with Gasteiger partial charge in [0, 0.05) is 25.0 Å². The van der Waals surface area contributed by atoms with E-state index in [1.165, 1.54) is 13.1 Å². The molecule has 0 radical (unpaired) electrons. The van der Waals surface area contributed by atoms with E-state index in [9.17, 15) is 22.4 Å². The number of furan rings is 1. The molecule has 0 unspecified atom stereocenters. The number of aromatic nitrogens is 2. The molecule has 13 heteroatoms. The Morgan fingerprint density at radius 3 is 2.49 bits per heavy atom. The van der Waals surface area contributed by atoms with E-state index in [1.807, 2.05) is 0 Å². The van der Waals surface area contributed by atoms with E-state index in [1.54, 1.807) is 20.8 Å². The fourth-order valence-electron chi connectivity index (χ4n) is 3.04. The molecule has 3 heterocycles. The third-order valence-electron chi connectivity index (χ3n) is 4.59. The minimum atomic E-state index is -4.67. The molecule has 188 valence electrons. The first-order valence-electron chi connectivity index (χ1n) is 10.1. The molecule has 0 atom stereocenters. The fraction of sp³-hybridized carbons (Fsp3) is 0.318. The second-order valence-electron chi connectivity index (χ2n) is 8.41. The van der Waals surface area contributed by atoms with Gasteiger partial charge in [-0.15, -0.1) is 0 Å². The summed E-state index contributed by atoms with van der Waals surface area (Å²) in [5.41, 5.74) is -2.18. The summed E-state index contributed by atoms with van der Waals surface area (Å²) in [5, 5.41) is -0.717. The maximum Gasteiger partial charge on any atom is 0.410 e. The van der Waals surface area contributed by atoms with Crippen LogP contribution in [0.25, 0.3) is 11.3 Å². The van der Waals surface area contributed by atoms with E-state index >= 15 is 4.39 Å². The molecule has 0 bridgehead atoms. The van der Waals surface area contributed by atoms with E-state index in [0.717, 1.165) is 42.6 Å². The average Bonchev–Trinajstić information content (AvgIpc) is 3.39. The summed E-state index contributed by atoms with van der Waals surface area (Å²) >= 11 is 0. The van der Waals surface area contributed by atoms with E-state index < -0.39 is 68.1 Å². The Morgan fingerprint density at radius 2 is 1.89 bits per heavy atom. The van der Waals surface area contributed by atoms with Crippen LogP contribution in [0.3, 0.4) is 0 Å². The molecule has 0 N–H and O–H groups in total. The monoisotopic (exact) mass is 511 g/mol. The van der Waals surface area contributed by atoms with Gasteiger partial charge >= 0.3 is 22.1 Å². The number of hydrogen-bond donors (Lipinski definition) is 0. The van der Waals surface area contributed by atoms with E-state index in [4.69, 9.17) is 9.15 Å². The zero-order valence-electron chi connectivity index (χ0n) is 19.5. The molecule has 35 heavy (non-hydrogen) atoms. The molecule has 0 aliphatic rings. The summed E-state index contributed by atoms with van der Waals surface area (Å²) in [5.74, 6) is -3.56. The summed E-state index contributed by atoms with van der Waals surface area (Å²) < 4.78 is 72.1. The molecule has 10 nitrogen and oxygen atoms in total. The van der Waals surface area contributed by atoms with Crippen LogP contribution in [0.1, 0.15) is 36.9 Å². The van der Waals surface area contributed by atoms with Crippen LogP contribution in [0.15, 0.2) is 46.2 Å². The maximum absolute atomic E-state index is 15.6. The Balaban J connectivity index is 2.13. The third-order valence-corrected chi connectivity index (χ3v) is 6.13. The van der Waals surface area contributed by atoms with Crippen LogP contribution in [0, 0.1) is 11.8 Å². The van der Waals surface area contributed by atoms with Gasteiger partial charge in [-0.2, -0.15) is 12.8 Å². The Hall–Kier alpha value is -3.74. The zero-order chi connectivity index (χ0) is 26.1. The number of rotatable bonds is 6. The van der Waals surface area contributed by atoms with Crippen LogP contribution >= 0.6 is 0 Å². The van der Waals surface area contributed by atoms with Gasteiger partial charge in [-0.05, 0) is 45.0 Å². The smallest absolute Gasteiger partial charge is 0.410 e. The van der Waals surface area contributed by atoms with Crippen LogP contribution in [0.4, 0.5) is 13.6 Å². The standard InChI is InChI=1S/C22H23F2N3O7S/c1-22(2,3)34-21(29)26(4)11-13-12-27(18(17(13)23)14-7-6-10-25-19(14)24)35(30,31)16-9-8-15(33-16)20(28)32-5/h6-10,12H,11H2,1-5H3. The molecule has 0 saturated heterocycles. The minimum Gasteiger partial charge on any atom is -0.463 e. The van der Waals surface area contributed by atoms with Gasteiger partial charge in [0.2, 0.25) is 16.8 Å². The van der Waals surface area contributed by atoms with Crippen molar-refractivity contribution in [2.45, 2.75) is 38.0 Å². The van der Waals surface area contributed by atoms with Crippen LogP contribution in [-0.4, -0.2) is 54.1 Å². The number of amides is 1. The van der Waals surface area contributed by atoms with E-state index in [-0.39, 0.29) is 5.56 Å². The Labute approximate surface area is 200 Å². The van der Waals surface area contributed by atoms with Crippen molar-refractivity contribution in [1.29, 1.82) is 0 Å². The number of carbonyl (C=O) groups is 2. The molecule has 0 aliphatic heterocycles.